The van der Waals surface area contributed by atoms with Gasteiger partial charge >= 0.3 is 0 Å². The fourth-order valence-corrected chi connectivity index (χ4v) is 5.50. The molecule has 5 atom stereocenters. The van der Waals surface area contributed by atoms with Crippen LogP contribution in [-0.4, -0.2) is 0 Å². The van der Waals surface area contributed by atoms with Crippen LogP contribution in [0.3, 0.4) is 0 Å². The van der Waals surface area contributed by atoms with E-state index in [1.807, 2.05) is 11.1 Å². The Morgan fingerprint density at radius 1 is 0.900 bits per heavy atom. The third-order valence-electron chi connectivity index (χ3n) is 6.75. The number of allylic oxidation sites excluding steroid dienone is 4. The first kappa shape index (κ1) is 14.4. The third-order valence-corrected chi connectivity index (χ3v) is 6.75. The SMILES string of the molecule is CC(C)=C1CCC(C)[C@H]2CCC(C)[C@@H]3CCC(C)=C3[C@@H]12. The second kappa shape index (κ2) is 5.35. The maximum Gasteiger partial charge on any atom is 0.00457 e. The molecule has 0 spiro atoms. The molecule has 3 rings (SSSR count). The zero-order valence-corrected chi connectivity index (χ0v) is 14.1. The van der Waals surface area contributed by atoms with Gasteiger partial charge in [-0.1, -0.05) is 36.1 Å². The summed E-state index contributed by atoms with van der Waals surface area (Å²) in [5, 5.41) is 0. The average molecular weight is 272 g/mol. The van der Waals surface area contributed by atoms with Crippen LogP contribution >= 0.6 is 0 Å². The van der Waals surface area contributed by atoms with Crippen LogP contribution in [0.1, 0.15) is 73.1 Å². The zero-order chi connectivity index (χ0) is 14.4. The molecule has 0 bridgehead atoms. The lowest BCUT2D eigenvalue weighted by molar-refractivity contribution is 0.226. The van der Waals surface area contributed by atoms with Crippen molar-refractivity contribution in [1.29, 1.82) is 0 Å². The minimum Gasteiger partial charge on any atom is -0.0766 e. The van der Waals surface area contributed by atoms with Gasteiger partial charge in [0.1, 0.15) is 0 Å². The van der Waals surface area contributed by atoms with Crippen molar-refractivity contribution >= 4 is 0 Å². The molecule has 0 nitrogen and oxygen atoms in total. The first-order valence-corrected chi connectivity index (χ1v) is 8.86. The average Bonchev–Trinajstić information content (AvgIpc) is 2.70. The summed E-state index contributed by atoms with van der Waals surface area (Å²) in [6.07, 6.45) is 8.53. The van der Waals surface area contributed by atoms with E-state index in [0.29, 0.717) is 0 Å². The lowest BCUT2D eigenvalue weighted by Crippen LogP contribution is -2.30. The van der Waals surface area contributed by atoms with E-state index >= 15 is 0 Å². The maximum absolute atomic E-state index is 2.52. The second-order valence-corrected chi connectivity index (χ2v) is 8.12. The van der Waals surface area contributed by atoms with Gasteiger partial charge in [0.25, 0.3) is 0 Å². The summed E-state index contributed by atoms with van der Waals surface area (Å²) in [4.78, 5) is 0. The highest BCUT2D eigenvalue weighted by Crippen LogP contribution is 2.55. The molecule has 0 amide bonds. The van der Waals surface area contributed by atoms with Crippen LogP contribution in [0.2, 0.25) is 0 Å². The normalized spacial score (nSPS) is 41.2. The lowest BCUT2D eigenvalue weighted by Gasteiger charge is -2.40. The summed E-state index contributed by atoms with van der Waals surface area (Å²) in [7, 11) is 0. The first-order valence-electron chi connectivity index (χ1n) is 8.86. The van der Waals surface area contributed by atoms with Gasteiger partial charge in [-0.2, -0.15) is 0 Å². The highest BCUT2D eigenvalue weighted by Gasteiger charge is 2.44. The van der Waals surface area contributed by atoms with Crippen LogP contribution in [0, 0.1) is 29.6 Å². The molecule has 3 aliphatic rings. The molecule has 0 aromatic rings. The Hall–Kier alpha value is -0.520. The Kier molecular flexibility index (Phi) is 3.86. The van der Waals surface area contributed by atoms with Crippen molar-refractivity contribution in [3.8, 4) is 0 Å². The molecular formula is C20H32. The molecule has 0 heteroatoms. The number of hydrogen-bond donors (Lipinski definition) is 0. The van der Waals surface area contributed by atoms with Crippen molar-refractivity contribution in [2.24, 2.45) is 29.6 Å². The van der Waals surface area contributed by atoms with Crippen molar-refractivity contribution in [3.05, 3.63) is 22.3 Å². The van der Waals surface area contributed by atoms with Gasteiger partial charge in [0, 0.05) is 5.92 Å². The summed E-state index contributed by atoms with van der Waals surface area (Å²) in [6.45, 7) is 12.2. The lowest BCUT2D eigenvalue weighted by atomic mass is 9.64. The molecule has 2 saturated carbocycles. The Morgan fingerprint density at radius 2 is 1.65 bits per heavy atom. The van der Waals surface area contributed by atoms with E-state index in [1.165, 1.54) is 38.5 Å². The monoisotopic (exact) mass is 272 g/mol. The summed E-state index contributed by atoms with van der Waals surface area (Å²) in [5.74, 6) is 4.50. The van der Waals surface area contributed by atoms with E-state index in [0.717, 1.165) is 29.6 Å². The summed E-state index contributed by atoms with van der Waals surface area (Å²) in [6, 6.07) is 0. The molecule has 0 saturated heterocycles. The molecule has 2 fully saturated rings. The van der Waals surface area contributed by atoms with Gasteiger partial charge in [0.05, 0.1) is 0 Å². The fraction of sp³-hybridized carbons (Fsp3) is 0.800. The molecule has 0 heterocycles. The third kappa shape index (κ3) is 2.20. The molecule has 112 valence electrons. The predicted molar refractivity (Wildman–Crippen MR) is 87.6 cm³/mol. The molecular weight excluding hydrogens is 240 g/mol. The largest absolute Gasteiger partial charge is 0.0766 e. The number of rotatable bonds is 0. The Bertz CT molecular complexity index is 447. The van der Waals surface area contributed by atoms with Gasteiger partial charge in [-0.15, -0.1) is 0 Å². The van der Waals surface area contributed by atoms with Gasteiger partial charge < -0.3 is 0 Å². The standard InChI is InChI=1S/C20H32/c1-12(2)16-9-6-14(4)18-10-7-13(3)17-11-8-15(5)19(17)20(16)18/h13-14,17-18,20H,6-11H2,1-5H3/t13?,14?,17-,18+,20-/m0/s1. The number of hydrogen-bond acceptors (Lipinski definition) is 0. The van der Waals surface area contributed by atoms with Gasteiger partial charge in [0.15, 0.2) is 0 Å². The van der Waals surface area contributed by atoms with Crippen molar-refractivity contribution in [3.63, 3.8) is 0 Å². The van der Waals surface area contributed by atoms with Gasteiger partial charge in [-0.3, -0.25) is 0 Å². The Labute approximate surface area is 125 Å². The minimum atomic E-state index is 0.821. The Balaban J connectivity index is 2.10. The van der Waals surface area contributed by atoms with Crippen molar-refractivity contribution in [2.45, 2.75) is 73.1 Å². The molecule has 0 N–H and O–H groups in total. The van der Waals surface area contributed by atoms with Crippen molar-refractivity contribution in [1.82, 2.24) is 0 Å². The van der Waals surface area contributed by atoms with Crippen LogP contribution in [0.4, 0.5) is 0 Å². The summed E-state index contributed by atoms with van der Waals surface area (Å²) >= 11 is 0. The van der Waals surface area contributed by atoms with Gasteiger partial charge in [-0.05, 0) is 83.0 Å². The molecule has 2 unspecified atom stereocenters. The summed E-state index contributed by atoms with van der Waals surface area (Å²) in [5.41, 5.74) is 7.10. The molecule has 20 heavy (non-hydrogen) atoms. The quantitative estimate of drug-likeness (QED) is 0.464. The highest BCUT2D eigenvalue weighted by atomic mass is 14.5. The van der Waals surface area contributed by atoms with Crippen LogP contribution in [0.5, 0.6) is 0 Å². The van der Waals surface area contributed by atoms with E-state index in [2.05, 4.69) is 34.6 Å². The van der Waals surface area contributed by atoms with Crippen molar-refractivity contribution in [2.75, 3.05) is 0 Å². The molecule has 0 radical (unpaired) electrons. The van der Waals surface area contributed by atoms with Gasteiger partial charge in [0.2, 0.25) is 0 Å². The van der Waals surface area contributed by atoms with Crippen LogP contribution < -0.4 is 0 Å². The molecule has 0 aromatic carbocycles. The van der Waals surface area contributed by atoms with Crippen LogP contribution in [0.25, 0.3) is 0 Å². The second-order valence-electron chi connectivity index (χ2n) is 8.12. The van der Waals surface area contributed by atoms with Crippen LogP contribution in [0.15, 0.2) is 22.3 Å². The molecule has 0 aliphatic heterocycles. The zero-order valence-electron chi connectivity index (χ0n) is 14.1. The van der Waals surface area contributed by atoms with E-state index in [1.54, 1.807) is 11.1 Å². The summed E-state index contributed by atoms with van der Waals surface area (Å²) < 4.78 is 0. The topological polar surface area (TPSA) is 0 Å². The van der Waals surface area contributed by atoms with E-state index in [-0.39, 0.29) is 0 Å². The smallest absolute Gasteiger partial charge is 0.00457 e. The van der Waals surface area contributed by atoms with E-state index in [9.17, 15) is 0 Å². The Morgan fingerprint density at radius 3 is 2.35 bits per heavy atom. The fourth-order valence-electron chi connectivity index (χ4n) is 5.50. The van der Waals surface area contributed by atoms with Crippen molar-refractivity contribution < 1.29 is 0 Å². The minimum absolute atomic E-state index is 0.821. The highest BCUT2D eigenvalue weighted by molar-refractivity contribution is 5.36. The number of fused-ring (bicyclic) bond motifs is 3. The van der Waals surface area contributed by atoms with Gasteiger partial charge in [-0.25, -0.2) is 0 Å². The predicted octanol–water partition coefficient (Wildman–Crippen LogP) is 6.14. The molecule has 3 aliphatic carbocycles. The van der Waals surface area contributed by atoms with E-state index < -0.39 is 0 Å². The van der Waals surface area contributed by atoms with E-state index in [4.69, 9.17) is 0 Å². The molecule has 0 aromatic heterocycles. The van der Waals surface area contributed by atoms with Crippen LogP contribution in [-0.2, 0) is 0 Å². The maximum atomic E-state index is 2.52. The first-order chi connectivity index (χ1) is 9.50.